The Balaban J connectivity index is 1.69. The highest BCUT2D eigenvalue weighted by atomic mass is 32.2. The van der Waals surface area contributed by atoms with Gasteiger partial charge in [-0.25, -0.2) is 17.2 Å². The zero-order valence-corrected chi connectivity index (χ0v) is 15.5. The highest BCUT2D eigenvalue weighted by Crippen LogP contribution is 2.23. The van der Waals surface area contributed by atoms with Crippen molar-refractivity contribution in [2.24, 2.45) is 0 Å². The molecule has 0 radical (unpaired) electrons. The largest absolute Gasteiger partial charge is 0.369 e. The van der Waals surface area contributed by atoms with Crippen LogP contribution >= 0.6 is 0 Å². The summed E-state index contributed by atoms with van der Waals surface area (Å²) in [5.41, 5.74) is 1.04. The van der Waals surface area contributed by atoms with Gasteiger partial charge in [-0.05, 0) is 36.4 Å². The maximum Gasteiger partial charge on any atom is 0.243 e. The van der Waals surface area contributed by atoms with Crippen LogP contribution < -0.4 is 10.2 Å². The first-order valence-electron chi connectivity index (χ1n) is 8.35. The van der Waals surface area contributed by atoms with E-state index in [2.05, 4.69) is 5.32 Å². The van der Waals surface area contributed by atoms with Gasteiger partial charge in [-0.1, -0.05) is 0 Å². The minimum absolute atomic E-state index is 0.137. The van der Waals surface area contributed by atoms with Gasteiger partial charge >= 0.3 is 0 Å². The number of nitrogens with one attached hydrogen (secondary N) is 1. The van der Waals surface area contributed by atoms with E-state index in [-0.39, 0.29) is 23.9 Å². The van der Waals surface area contributed by atoms with Crippen molar-refractivity contribution < 1.29 is 22.0 Å². The summed E-state index contributed by atoms with van der Waals surface area (Å²) in [6.45, 7) is 2.57. The van der Waals surface area contributed by atoms with Crippen LogP contribution in [0, 0.1) is 11.6 Å². The summed E-state index contributed by atoms with van der Waals surface area (Å²) in [5.74, 6) is -2.08. The first-order valence-corrected chi connectivity index (χ1v) is 9.79. The molecule has 27 heavy (non-hydrogen) atoms. The molecule has 1 amide bonds. The van der Waals surface area contributed by atoms with Crippen LogP contribution in [0.4, 0.5) is 20.2 Å². The van der Waals surface area contributed by atoms with Crippen molar-refractivity contribution >= 4 is 27.3 Å². The van der Waals surface area contributed by atoms with Crippen molar-refractivity contribution in [3.8, 4) is 0 Å². The second-order valence-electron chi connectivity index (χ2n) is 6.20. The maximum absolute atomic E-state index is 13.4. The highest BCUT2D eigenvalue weighted by molar-refractivity contribution is 7.89. The molecule has 0 unspecified atom stereocenters. The smallest absolute Gasteiger partial charge is 0.243 e. The predicted octanol–water partition coefficient (Wildman–Crippen LogP) is 2.43. The van der Waals surface area contributed by atoms with Crippen molar-refractivity contribution in [1.82, 2.24) is 4.31 Å². The number of piperazine rings is 1. The third-order valence-corrected chi connectivity index (χ3v) is 6.23. The van der Waals surface area contributed by atoms with E-state index in [1.165, 1.54) is 41.6 Å². The minimum Gasteiger partial charge on any atom is -0.369 e. The summed E-state index contributed by atoms with van der Waals surface area (Å²) in [7, 11) is -3.67. The van der Waals surface area contributed by atoms with Gasteiger partial charge in [0, 0.05) is 50.5 Å². The number of halogens is 2. The molecule has 0 saturated carbocycles. The second-order valence-corrected chi connectivity index (χ2v) is 8.13. The first kappa shape index (κ1) is 19.2. The number of amides is 1. The van der Waals surface area contributed by atoms with E-state index in [0.717, 1.165) is 12.1 Å². The lowest BCUT2D eigenvalue weighted by atomic mass is 10.2. The number of sulfonamides is 1. The Morgan fingerprint density at radius 3 is 2.15 bits per heavy atom. The van der Waals surface area contributed by atoms with Crippen LogP contribution in [-0.4, -0.2) is 44.8 Å². The minimum atomic E-state index is -3.67. The first-order chi connectivity index (χ1) is 12.8. The molecule has 1 heterocycles. The van der Waals surface area contributed by atoms with Crippen LogP contribution in [0.1, 0.15) is 6.92 Å². The van der Waals surface area contributed by atoms with Gasteiger partial charge in [0.15, 0.2) is 11.6 Å². The standard InChI is InChI=1S/C18H19F2N3O3S/c1-13(24)21-14-2-5-16(6-3-14)27(25,26)23-10-8-22(9-11-23)15-4-7-17(19)18(20)12-15/h2-7,12H,8-11H2,1H3,(H,21,24). The predicted molar refractivity (Wildman–Crippen MR) is 98.1 cm³/mol. The van der Waals surface area contributed by atoms with Gasteiger partial charge in [0.25, 0.3) is 0 Å². The molecule has 2 aromatic carbocycles. The average molecular weight is 395 g/mol. The fourth-order valence-electron chi connectivity index (χ4n) is 2.93. The molecule has 6 nitrogen and oxygen atoms in total. The van der Waals surface area contributed by atoms with E-state index >= 15 is 0 Å². The Hall–Kier alpha value is -2.52. The Morgan fingerprint density at radius 2 is 1.59 bits per heavy atom. The molecular formula is C18H19F2N3O3S. The Morgan fingerprint density at radius 1 is 0.963 bits per heavy atom. The van der Waals surface area contributed by atoms with Crippen molar-refractivity contribution in [2.45, 2.75) is 11.8 Å². The molecule has 1 saturated heterocycles. The van der Waals surface area contributed by atoms with Crippen molar-refractivity contribution in [1.29, 1.82) is 0 Å². The molecule has 144 valence electrons. The van der Waals surface area contributed by atoms with Crippen molar-refractivity contribution in [3.05, 3.63) is 54.1 Å². The molecule has 1 aliphatic heterocycles. The topological polar surface area (TPSA) is 69.7 Å². The third-order valence-electron chi connectivity index (χ3n) is 4.32. The van der Waals surface area contributed by atoms with Gasteiger partial charge in [-0.3, -0.25) is 4.79 Å². The van der Waals surface area contributed by atoms with Gasteiger partial charge in [-0.2, -0.15) is 4.31 Å². The van der Waals surface area contributed by atoms with Crippen LogP contribution in [0.15, 0.2) is 47.4 Å². The zero-order valence-electron chi connectivity index (χ0n) is 14.7. The Bertz CT molecular complexity index is 941. The zero-order chi connectivity index (χ0) is 19.6. The Kier molecular flexibility index (Phi) is 5.43. The van der Waals surface area contributed by atoms with Crippen molar-refractivity contribution in [2.75, 3.05) is 36.4 Å². The van der Waals surface area contributed by atoms with Crippen molar-refractivity contribution in [3.63, 3.8) is 0 Å². The van der Waals surface area contributed by atoms with E-state index in [0.29, 0.717) is 24.5 Å². The normalized spacial score (nSPS) is 15.6. The number of nitrogens with zero attached hydrogens (tertiary/aromatic N) is 2. The van der Waals surface area contributed by atoms with Gasteiger partial charge in [0.2, 0.25) is 15.9 Å². The molecule has 1 fully saturated rings. The molecule has 0 aliphatic carbocycles. The van der Waals surface area contributed by atoms with Crippen LogP contribution in [0.25, 0.3) is 0 Å². The van der Waals surface area contributed by atoms with E-state index in [9.17, 15) is 22.0 Å². The number of anilines is 2. The second kappa shape index (κ2) is 7.61. The summed E-state index contributed by atoms with van der Waals surface area (Å²) < 4.78 is 53.4. The third kappa shape index (κ3) is 4.25. The summed E-state index contributed by atoms with van der Waals surface area (Å²) in [5, 5.41) is 2.58. The number of benzene rings is 2. The lowest BCUT2D eigenvalue weighted by Crippen LogP contribution is -2.48. The average Bonchev–Trinajstić information content (AvgIpc) is 2.64. The molecular weight excluding hydrogens is 376 g/mol. The molecule has 0 atom stereocenters. The quantitative estimate of drug-likeness (QED) is 0.863. The molecule has 0 bridgehead atoms. The number of hydrogen-bond donors (Lipinski definition) is 1. The SMILES string of the molecule is CC(=O)Nc1ccc(S(=O)(=O)N2CCN(c3ccc(F)c(F)c3)CC2)cc1. The van der Waals surface area contributed by atoms with Crippen LogP contribution in [0.3, 0.4) is 0 Å². The lowest BCUT2D eigenvalue weighted by molar-refractivity contribution is -0.114. The summed E-state index contributed by atoms with van der Waals surface area (Å²) in [6, 6.07) is 9.61. The fraction of sp³-hybridized carbons (Fsp3) is 0.278. The van der Waals surface area contributed by atoms with E-state index in [4.69, 9.17) is 0 Å². The summed E-state index contributed by atoms with van der Waals surface area (Å²) in [6.07, 6.45) is 0. The Labute approximate surface area is 156 Å². The van der Waals surface area contributed by atoms with Crippen LogP contribution in [0.5, 0.6) is 0 Å². The molecule has 0 spiro atoms. The summed E-state index contributed by atoms with van der Waals surface area (Å²) >= 11 is 0. The van der Waals surface area contributed by atoms with E-state index in [1.54, 1.807) is 0 Å². The van der Waals surface area contributed by atoms with Gasteiger partial charge < -0.3 is 10.2 Å². The number of carbonyl (C=O) groups is 1. The molecule has 2 aromatic rings. The molecule has 3 rings (SSSR count). The number of carbonyl (C=O) groups excluding carboxylic acids is 1. The molecule has 1 aliphatic rings. The maximum atomic E-state index is 13.4. The number of rotatable bonds is 4. The van der Waals surface area contributed by atoms with Crippen LogP contribution in [0.2, 0.25) is 0 Å². The monoisotopic (exact) mass is 395 g/mol. The van der Waals surface area contributed by atoms with Gasteiger partial charge in [0.05, 0.1) is 4.90 Å². The molecule has 1 N–H and O–H groups in total. The fourth-order valence-corrected chi connectivity index (χ4v) is 4.35. The highest BCUT2D eigenvalue weighted by Gasteiger charge is 2.28. The van der Waals surface area contributed by atoms with E-state index < -0.39 is 21.7 Å². The molecule has 9 heteroatoms. The van der Waals surface area contributed by atoms with E-state index in [1.807, 2.05) is 4.90 Å². The molecule has 0 aromatic heterocycles. The van der Waals surface area contributed by atoms with Gasteiger partial charge in [-0.15, -0.1) is 0 Å². The number of hydrogen-bond acceptors (Lipinski definition) is 4. The lowest BCUT2D eigenvalue weighted by Gasteiger charge is -2.35. The summed E-state index contributed by atoms with van der Waals surface area (Å²) in [4.78, 5) is 13.0. The van der Waals surface area contributed by atoms with Crippen LogP contribution in [-0.2, 0) is 14.8 Å². The van der Waals surface area contributed by atoms with Gasteiger partial charge in [0.1, 0.15) is 0 Å².